The van der Waals surface area contributed by atoms with E-state index in [1.165, 1.54) is 17.5 Å². The quantitative estimate of drug-likeness (QED) is 0.708. The molecule has 1 aliphatic carbocycles. The van der Waals surface area contributed by atoms with Gasteiger partial charge in [0, 0.05) is 6.42 Å². The number of fused-ring (bicyclic) bond motifs is 2. The van der Waals surface area contributed by atoms with Gasteiger partial charge in [-0.15, -0.1) is 0 Å². The predicted molar refractivity (Wildman–Crippen MR) is 63.1 cm³/mol. The van der Waals surface area contributed by atoms with Gasteiger partial charge < -0.3 is 5.32 Å². The Bertz CT molecular complexity index is 426. The third kappa shape index (κ3) is 1.44. The standard InChI is InChI=1S/C14H17NO/c16-13-8-4-10-14(15-13)9-3-6-11-5-1-2-7-12(11)14/h1-2,5,7H,3-4,6,8-10H2,(H,15,16). The largest absolute Gasteiger partial charge is 0.347 e. The van der Waals surface area contributed by atoms with Crippen molar-refractivity contribution in [2.75, 3.05) is 0 Å². The lowest BCUT2D eigenvalue weighted by molar-refractivity contribution is -0.125. The highest BCUT2D eigenvalue weighted by atomic mass is 16.1. The number of aryl methyl sites for hydroxylation is 1. The van der Waals surface area contributed by atoms with Gasteiger partial charge in [-0.25, -0.2) is 0 Å². The molecule has 0 saturated carbocycles. The first kappa shape index (κ1) is 9.88. The molecule has 2 heteroatoms. The van der Waals surface area contributed by atoms with Crippen molar-refractivity contribution in [1.82, 2.24) is 5.32 Å². The van der Waals surface area contributed by atoms with Crippen LogP contribution in [0.4, 0.5) is 0 Å². The van der Waals surface area contributed by atoms with Crippen LogP contribution in [-0.4, -0.2) is 5.91 Å². The second-order valence-electron chi connectivity index (χ2n) is 4.99. The number of amides is 1. The van der Waals surface area contributed by atoms with Crippen LogP contribution in [0.3, 0.4) is 0 Å². The summed E-state index contributed by atoms with van der Waals surface area (Å²) < 4.78 is 0. The SMILES string of the molecule is O=C1CCCC2(CCCc3ccccc32)N1. The molecule has 0 bridgehead atoms. The second kappa shape index (κ2) is 3.62. The summed E-state index contributed by atoms with van der Waals surface area (Å²) in [6.07, 6.45) is 6.29. The lowest BCUT2D eigenvalue weighted by atomic mass is 9.72. The zero-order chi connectivity index (χ0) is 11.0. The minimum absolute atomic E-state index is 0.0375. The smallest absolute Gasteiger partial charge is 0.220 e. The third-order valence-corrected chi connectivity index (χ3v) is 3.97. The van der Waals surface area contributed by atoms with E-state index in [1.54, 1.807) is 0 Å². The van der Waals surface area contributed by atoms with Crippen molar-refractivity contribution in [3.8, 4) is 0 Å². The van der Waals surface area contributed by atoms with Crippen molar-refractivity contribution >= 4 is 5.91 Å². The number of carbonyl (C=O) groups excluding carboxylic acids is 1. The summed E-state index contributed by atoms with van der Waals surface area (Å²) in [6.45, 7) is 0. The van der Waals surface area contributed by atoms with Gasteiger partial charge in [-0.3, -0.25) is 4.79 Å². The van der Waals surface area contributed by atoms with Crippen LogP contribution in [0.25, 0.3) is 0 Å². The molecular formula is C14H17NO. The number of piperidine rings is 1. The Morgan fingerprint density at radius 3 is 2.62 bits per heavy atom. The van der Waals surface area contributed by atoms with Gasteiger partial charge in [0.05, 0.1) is 5.54 Å². The van der Waals surface area contributed by atoms with Crippen LogP contribution in [-0.2, 0) is 16.8 Å². The van der Waals surface area contributed by atoms with Gasteiger partial charge in [-0.05, 0) is 43.2 Å². The van der Waals surface area contributed by atoms with E-state index in [-0.39, 0.29) is 11.4 Å². The molecule has 1 unspecified atom stereocenters. The molecule has 16 heavy (non-hydrogen) atoms. The van der Waals surface area contributed by atoms with Crippen molar-refractivity contribution in [3.63, 3.8) is 0 Å². The maximum absolute atomic E-state index is 11.6. The summed E-state index contributed by atoms with van der Waals surface area (Å²) in [7, 11) is 0. The van der Waals surface area contributed by atoms with Crippen LogP contribution in [0, 0.1) is 0 Å². The first-order valence-corrected chi connectivity index (χ1v) is 6.20. The highest BCUT2D eigenvalue weighted by Gasteiger charge is 2.39. The average Bonchev–Trinajstić information content (AvgIpc) is 2.30. The zero-order valence-electron chi connectivity index (χ0n) is 9.46. The number of nitrogens with one attached hydrogen (secondary N) is 1. The molecule has 1 aromatic carbocycles. The minimum Gasteiger partial charge on any atom is -0.347 e. The Balaban J connectivity index is 2.05. The summed E-state index contributed by atoms with van der Waals surface area (Å²) in [4.78, 5) is 11.6. The Morgan fingerprint density at radius 1 is 1.06 bits per heavy atom. The molecule has 84 valence electrons. The molecule has 2 aliphatic rings. The number of hydrogen-bond donors (Lipinski definition) is 1. The topological polar surface area (TPSA) is 29.1 Å². The van der Waals surface area contributed by atoms with Crippen molar-refractivity contribution in [3.05, 3.63) is 35.4 Å². The normalized spacial score (nSPS) is 28.6. The summed E-state index contributed by atoms with van der Waals surface area (Å²) in [6, 6.07) is 8.59. The Hall–Kier alpha value is -1.31. The summed E-state index contributed by atoms with van der Waals surface area (Å²) in [5.74, 6) is 0.225. The Morgan fingerprint density at radius 2 is 1.81 bits per heavy atom. The molecule has 1 N–H and O–H groups in total. The highest BCUT2D eigenvalue weighted by Crippen LogP contribution is 2.40. The van der Waals surface area contributed by atoms with Crippen LogP contribution in [0.2, 0.25) is 0 Å². The molecule has 1 aromatic rings. The van der Waals surface area contributed by atoms with Gasteiger partial charge in [0.1, 0.15) is 0 Å². The molecule has 2 nitrogen and oxygen atoms in total. The molecule has 1 heterocycles. The molecule has 1 fully saturated rings. The van der Waals surface area contributed by atoms with E-state index in [9.17, 15) is 4.79 Å². The monoisotopic (exact) mass is 215 g/mol. The number of rotatable bonds is 0. The molecule has 0 aromatic heterocycles. The van der Waals surface area contributed by atoms with E-state index >= 15 is 0 Å². The van der Waals surface area contributed by atoms with E-state index in [1.807, 2.05) is 0 Å². The molecule has 3 rings (SSSR count). The van der Waals surface area contributed by atoms with Gasteiger partial charge in [0.15, 0.2) is 0 Å². The fourth-order valence-corrected chi connectivity index (χ4v) is 3.25. The molecular weight excluding hydrogens is 198 g/mol. The van der Waals surface area contributed by atoms with E-state index in [4.69, 9.17) is 0 Å². The molecule has 0 radical (unpaired) electrons. The van der Waals surface area contributed by atoms with Gasteiger partial charge in [-0.1, -0.05) is 24.3 Å². The average molecular weight is 215 g/mol. The second-order valence-corrected chi connectivity index (χ2v) is 4.99. The van der Waals surface area contributed by atoms with Crippen LogP contribution < -0.4 is 5.32 Å². The van der Waals surface area contributed by atoms with Crippen LogP contribution in [0.1, 0.15) is 43.2 Å². The number of hydrogen-bond acceptors (Lipinski definition) is 1. The van der Waals surface area contributed by atoms with E-state index in [0.717, 1.165) is 25.7 Å². The maximum atomic E-state index is 11.6. The van der Waals surface area contributed by atoms with Crippen LogP contribution >= 0.6 is 0 Å². The first-order valence-electron chi connectivity index (χ1n) is 6.20. The molecule has 1 aliphatic heterocycles. The summed E-state index contributed by atoms with van der Waals surface area (Å²) in [5.41, 5.74) is 2.76. The summed E-state index contributed by atoms with van der Waals surface area (Å²) in [5, 5.41) is 3.25. The van der Waals surface area contributed by atoms with Gasteiger partial charge in [0.25, 0.3) is 0 Å². The van der Waals surface area contributed by atoms with E-state index < -0.39 is 0 Å². The van der Waals surface area contributed by atoms with Gasteiger partial charge in [-0.2, -0.15) is 0 Å². The van der Waals surface area contributed by atoms with Crippen molar-refractivity contribution in [2.24, 2.45) is 0 Å². The van der Waals surface area contributed by atoms with E-state index in [2.05, 4.69) is 29.6 Å². The lowest BCUT2D eigenvalue weighted by Gasteiger charge is -2.42. The third-order valence-electron chi connectivity index (χ3n) is 3.97. The van der Waals surface area contributed by atoms with Crippen molar-refractivity contribution in [1.29, 1.82) is 0 Å². The van der Waals surface area contributed by atoms with Crippen molar-refractivity contribution < 1.29 is 4.79 Å². The highest BCUT2D eigenvalue weighted by molar-refractivity contribution is 5.78. The van der Waals surface area contributed by atoms with E-state index in [0.29, 0.717) is 6.42 Å². The van der Waals surface area contributed by atoms with Crippen molar-refractivity contribution in [2.45, 2.75) is 44.1 Å². The lowest BCUT2D eigenvalue weighted by Crippen LogP contribution is -2.50. The molecule has 1 spiro atoms. The Kier molecular flexibility index (Phi) is 2.23. The van der Waals surface area contributed by atoms with Crippen LogP contribution in [0.5, 0.6) is 0 Å². The predicted octanol–water partition coefficient (Wildman–Crippen LogP) is 2.52. The van der Waals surface area contributed by atoms with Gasteiger partial charge in [0.2, 0.25) is 5.91 Å². The zero-order valence-corrected chi connectivity index (χ0v) is 9.46. The number of benzene rings is 1. The molecule has 1 saturated heterocycles. The number of carbonyl (C=O) groups is 1. The maximum Gasteiger partial charge on any atom is 0.220 e. The van der Waals surface area contributed by atoms with Crippen LogP contribution in [0.15, 0.2) is 24.3 Å². The Labute approximate surface area is 96.1 Å². The molecule has 1 atom stereocenters. The first-order chi connectivity index (χ1) is 7.80. The molecule has 1 amide bonds. The fraction of sp³-hybridized carbons (Fsp3) is 0.500. The minimum atomic E-state index is -0.0375. The summed E-state index contributed by atoms with van der Waals surface area (Å²) >= 11 is 0. The fourth-order valence-electron chi connectivity index (χ4n) is 3.25. The van der Waals surface area contributed by atoms with Gasteiger partial charge >= 0.3 is 0 Å².